The van der Waals surface area contributed by atoms with E-state index in [1.165, 1.54) is 19.3 Å². The lowest BCUT2D eigenvalue weighted by molar-refractivity contribution is 0.1000. The van der Waals surface area contributed by atoms with Crippen molar-refractivity contribution >= 4 is 30.1 Å². The Morgan fingerprint density at radius 3 is 3.10 bits per heavy atom. The van der Waals surface area contributed by atoms with E-state index in [1.807, 2.05) is 23.9 Å². The van der Waals surface area contributed by atoms with Gasteiger partial charge >= 0.3 is 0 Å². The maximum atomic E-state index is 12.1. The van der Waals surface area contributed by atoms with Crippen LogP contribution in [0, 0.1) is 0 Å². The summed E-state index contributed by atoms with van der Waals surface area (Å²) in [6, 6.07) is 5.46. The SMILES string of the molecule is C=c1cccc2c1=NC(CSC1CCCNCC1)=NC2=O. The van der Waals surface area contributed by atoms with Gasteiger partial charge in [0, 0.05) is 5.25 Å². The summed E-state index contributed by atoms with van der Waals surface area (Å²) < 4.78 is 0. The molecule has 0 spiro atoms. The van der Waals surface area contributed by atoms with Gasteiger partial charge in [-0.2, -0.15) is 16.8 Å². The van der Waals surface area contributed by atoms with E-state index in [0.717, 1.165) is 18.3 Å². The van der Waals surface area contributed by atoms with Gasteiger partial charge in [0.1, 0.15) is 5.84 Å². The van der Waals surface area contributed by atoms with Crippen LogP contribution in [0.3, 0.4) is 0 Å². The lowest BCUT2D eigenvalue weighted by atomic mass is 10.1. The van der Waals surface area contributed by atoms with Crippen molar-refractivity contribution in [1.29, 1.82) is 0 Å². The molecule has 0 radical (unpaired) electrons. The molecule has 0 bridgehead atoms. The predicted octanol–water partition coefficient (Wildman–Crippen LogP) is 1.14. The molecule has 1 atom stereocenters. The average molecular weight is 301 g/mol. The van der Waals surface area contributed by atoms with Crippen LogP contribution in [0.2, 0.25) is 0 Å². The van der Waals surface area contributed by atoms with Crippen molar-refractivity contribution in [3.05, 3.63) is 34.3 Å². The topological polar surface area (TPSA) is 53.8 Å². The van der Waals surface area contributed by atoms with Gasteiger partial charge in [-0.15, -0.1) is 0 Å². The highest BCUT2D eigenvalue weighted by Crippen LogP contribution is 2.21. The number of carbonyl (C=O) groups is 1. The van der Waals surface area contributed by atoms with Gasteiger partial charge in [-0.25, -0.2) is 4.99 Å². The van der Waals surface area contributed by atoms with Crippen LogP contribution in [-0.4, -0.2) is 35.8 Å². The molecule has 2 aliphatic rings. The van der Waals surface area contributed by atoms with Gasteiger partial charge in [-0.1, -0.05) is 18.7 Å². The van der Waals surface area contributed by atoms with Crippen molar-refractivity contribution in [1.82, 2.24) is 5.32 Å². The summed E-state index contributed by atoms with van der Waals surface area (Å²) in [5.41, 5.74) is 0.565. The second kappa shape index (κ2) is 6.54. The van der Waals surface area contributed by atoms with Crippen molar-refractivity contribution in [2.75, 3.05) is 18.8 Å². The first-order valence-corrected chi connectivity index (χ1v) is 8.40. The minimum absolute atomic E-state index is 0.191. The molecule has 5 heteroatoms. The molecule has 3 rings (SSSR count). The van der Waals surface area contributed by atoms with Gasteiger partial charge in [0.05, 0.1) is 16.7 Å². The van der Waals surface area contributed by atoms with E-state index in [9.17, 15) is 4.79 Å². The normalized spacial score (nSPS) is 22.0. The second-order valence-electron chi connectivity index (χ2n) is 5.37. The zero-order chi connectivity index (χ0) is 14.7. The van der Waals surface area contributed by atoms with Crippen molar-refractivity contribution in [2.24, 2.45) is 9.98 Å². The van der Waals surface area contributed by atoms with Crippen LogP contribution in [0.15, 0.2) is 28.2 Å². The Kier molecular flexibility index (Phi) is 4.51. The van der Waals surface area contributed by atoms with E-state index in [4.69, 9.17) is 0 Å². The number of amides is 1. The molecule has 0 aliphatic carbocycles. The molecule has 1 saturated heterocycles. The molecular formula is C16H19N3OS. The fraction of sp³-hybridized carbons (Fsp3) is 0.438. The zero-order valence-electron chi connectivity index (χ0n) is 12.0. The molecule has 4 nitrogen and oxygen atoms in total. The molecule has 21 heavy (non-hydrogen) atoms. The standard InChI is InChI=1S/C16H19N3OS/c1-11-4-2-6-13-15(11)18-14(19-16(13)20)10-21-12-5-3-8-17-9-7-12/h2,4,6,12,17H,1,3,5,7-10H2. The largest absolute Gasteiger partial charge is 0.317 e. The number of amidine groups is 1. The van der Waals surface area contributed by atoms with Gasteiger partial charge in [0.15, 0.2) is 0 Å². The van der Waals surface area contributed by atoms with E-state index >= 15 is 0 Å². The second-order valence-corrected chi connectivity index (χ2v) is 6.66. The van der Waals surface area contributed by atoms with Crippen molar-refractivity contribution in [3.63, 3.8) is 0 Å². The molecule has 2 heterocycles. The number of benzene rings is 1. The van der Waals surface area contributed by atoms with Crippen LogP contribution in [0.1, 0.15) is 29.6 Å². The van der Waals surface area contributed by atoms with E-state index in [1.54, 1.807) is 6.07 Å². The molecule has 2 aliphatic heterocycles. The molecule has 0 saturated carbocycles. The summed E-state index contributed by atoms with van der Waals surface area (Å²) in [5, 5.41) is 5.52. The first-order valence-electron chi connectivity index (χ1n) is 7.35. The van der Waals surface area contributed by atoms with Gasteiger partial charge < -0.3 is 5.32 Å². The predicted molar refractivity (Wildman–Crippen MR) is 87.5 cm³/mol. The first-order chi connectivity index (χ1) is 10.2. The van der Waals surface area contributed by atoms with Gasteiger partial charge in [0.2, 0.25) is 0 Å². The number of thioether (sulfide) groups is 1. The van der Waals surface area contributed by atoms with E-state index in [0.29, 0.717) is 27.8 Å². The molecule has 1 unspecified atom stereocenters. The molecule has 1 aromatic carbocycles. The maximum Gasteiger partial charge on any atom is 0.280 e. The number of para-hydroxylation sites is 1. The Morgan fingerprint density at radius 2 is 2.19 bits per heavy atom. The number of carbonyl (C=O) groups excluding carboxylic acids is 1. The fourth-order valence-corrected chi connectivity index (χ4v) is 3.77. The quantitative estimate of drug-likeness (QED) is 0.911. The summed E-state index contributed by atoms with van der Waals surface area (Å²) in [4.78, 5) is 20.7. The number of hydrogen-bond donors (Lipinski definition) is 1. The molecule has 0 aromatic heterocycles. The third kappa shape index (κ3) is 3.41. The van der Waals surface area contributed by atoms with Crippen molar-refractivity contribution in [3.8, 4) is 0 Å². The Bertz CT molecular complexity index is 675. The fourth-order valence-electron chi connectivity index (χ4n) is 2.64. The molecule has 110 valence electrons. The summed E-state index contributed by atoms with van der Waals surface area (Å²) in [7, 11) is 0. The molecular weight excluding hydrogens is 282 g/mol. The van der Waals surface area contributed by atoms with Gasteiger partial charge in [-0.05, 0) is 43.6 Å². The average Bonchev–Trinajstić information content (AvgIpc) is 2.75. The molecule has 1 fully saturated rings. The van der Waals surface area contributed by atoms with Crippen molar-refractivity contribution in [2.45, 2.75) is 24.5 Å². The highest BCUT2D eigenvalue weighted by molar-refractivity contribution is 8.00. The Morgan fingerprint density at radius 1 is 1.29 bits per heavy atom. The van der Waals surface area contributed by atoms with Crippen LogP contribution in [0.4, 0.5) is 0 Å². The van der Waals surface area contributed by atoms with E-state index in [2.05, 4.69) is 21.9 Å². The lowest BCUT2D eigenvalue weighted by Gasteiger charge is -2.14. The lowest BCUT2D eigenvalue weighted by Crippen LogP contribution is -2.34. The van der Waals surface area contributed by atoms with Crippen LogP contribution in [-0.2, 0) is 0 Å². The van der Waals surface area contributed by atoms with E-state index < -0.39 is 0 Å². The highest BCUT2D eigenvalue weighted by Gasteiger charge is 2.17. The maximum absolute atomic E-state index is 12.1. The molecule has 1 amide bonds. The van der Waals surface area contributed by atoms with Gasteiger partial charge in [-0.3, -0.25) is 4.79 Å². The van der Waals surface area contributed by atoms with Crippen LogP contribution < -0.4 is 15.9 Å². The number of nitrogens with one attached hydrogen (secondary N) is 1. The molecule has 1 N–H and O–H groups in total. The minimum Gasteiger partial charge on any atom is -0.317 e. The summed E-state index contributed by atoms with van der Waals surface area (Å²) in [6.07, 6.45) is 3.60. The number of rotatable bonds is 3. The highest BCUT2D eigenvalue weighted by atomic mass is 32.2. The van der Waals surface area contributed by atoms with Gasteiger partial charge in [0.25, 0.3) is 5.91 Å². The van der Waals surface area contributed by atoms with Crippen LogP contribution >= 0.6 is 11.8 Å². The summed E-state index contributed by atoms with van der Waals surface area (Å²) >= 11 is 1.86. The molecule has 1 aromatic rings. The minimum atomic E-state index is -0.191. The summed E-state index contributed by atoms with van der Waals surface area (Å²) in [5.74, 6) is 1.14. The third-order valence-corrected chi connectivity index (χ3v) is 5.16. The van der Waals surface area contributed by atoms with E-state index in [-0.39, 0.29) is 5.91 Å². The Labute approximate surface area is 128 Å². The number of hydrogen-bond acceptors (Lipinski definition) is 4. The summed E-state index contributed by atoms with van der Waals surface area (Å²) in [6.45, 7) is 6.13. The van der Waals surface area contributed by atoms with Crippen molar-refractivity contribution < 1.29 is 4.79 Å². The number of fused-ring (bicyclic) bond motifs is 1. The first kappa shape index (κ1) is 14.5. The zero-order valence-corrected chi connectivity index (χ0v) is 12.8. The number of nitrogens with zero attached hydrogens (tertiary/aromatic N) is 2. The third-order valence-electron chi connectivity index (χ3n) is 3.79. The van der Waals surface area contributed by atoms with Crippen LogP contribution in [0.5, 0.6) is 0 Å². The monoisotopic (exact) mass is 301 g/mol. The Hall–Kier alpha value is -1.46. The number of aliphatic imine (C=N–C) groups is 1. The van der Waals surface area contributed by atoms with Crippen LogP contribution in [0.25, 0.3) is 6.58 Å². The smallest absolute Gasteiger partial charge is 0.280 e. The Balaban J connectivity index is 1.74.